The summed E-state index contributed by atoms with van der Waals surface area (Å²) >= 11 is 0. The molecule has 0 saturated carbocycles. The number of hydrogen-bond donors (Lipinski definition) is 2. The number of carbonyl (C=O) groups excluding carboxylic acids is 3. The summed E-state index contributed by atoms with van der Waals surface area (Å²) in [4.78, 5) is 34.9. The minimum absolute atomic E-state index is 0.194. The van der Waals surface area contributed by atoms with E-state index in [1.807, 2.05) is 6.07 Å². The van der Waals surface area contributed by atoms with Crippen LogP contribution in [-0.2, 0) is 19.1 Å². The molecule has 2 aromatic carbocycles. The minimum Gasteiger partial charge on any atom is -0.482 e. The van der Waals surface area contributed by atoms with Crippen LogP contribution in [0.25, 0.3) is 0 Å². The van der Waals surface area contributed by atoms with E-state index in [4.69, 9.17) is 14.7 Å². The molecule has 2 aromatic rings. The highest BCUT2D eigenvalue weighted by atomic mass is 16.6. The number of nitriles is 1. The largest absolute Gasteiger partial charge is 0.482 e. The van der Waals surface area contributed by atoms with Crippen LogP contribution in [0.1, 0.15) is 19.4 Å². The third-order valence-electron chi connectivity index (χ3n) is 3.49. The first-order chi connectivity index (χ1) is 13.4. The molecular weight excluding hydrogens is 362 g/mol. The number of nitrogens with one attached hydrogen (secondary N) is 2. The molecule has 0 unspecified atom stereocenters. The van der Waals surface area contributed by atoms with Crippen molar-refractivity contribution >= 4 is 29.2 Å². The molecule has 0 heterocycles. The molecule has 0 aromatic heterocycles. The van der Waals surface area contributed by atoms with Gasteiger partial charge in [0, 0.05) is 18.3 Å². The summed E-state index contributed by atoms with van der Waals surface area (Å²) in [6, 6.07) is 14.7. The van der Waals surface area contributed by atoms with Crippen LogP contribution in [0.4, 0.5) is 11.4 Å². The van der Waals surface area contributed by atoms with E-state index in [9.17, 15) is 14.4 Å². The maximum atomic E-state index is 12.1. The Balaban J connectivity index is 1.79. The Morgan fingerprint density at radius 3 is 2.11 bits per heavy atom. The van der Waals surface area contributed by atoms with Crippen molar-refractivity contribution in [2.75, 3.05) is 17.2 Å². The predicted molar refractivity (Wildman–Crippen MR) is 102 cm³/mol. The van der Waals surface area contributed by atoms with Gasteiger partial charge < -0.3 is 20.1 Å². The smallest absolute Gasteiger partial charge is 0.344 e. The molecule has 0 fully saturated rings. The van der Waals surface area contributed by atoms with E-state index in [1.54, 1.807) is 48.5 Å². The van der Waals surface area contributed by atoms with E-state index in [0.29, 0.717) is 22.7 Å². The molecule has 2 amide bonds. The zero-order valence-electron chi connectivity index (χ0n) is 15.4. The highest BCUT2D eigenvalue weighted by molar-refractivity contribution is 5.95. The van der Waals surface area contributed by atoms with Gasteiger partial charge in [-0.1, -0.05) is 0 Å². The molecule has 8 heteroatoms. The van der Waals surface area contributed by atoms with E-state index >= 15 is 0 Å². The predicted octanol–water partition coefficient (Wildman–Crippen LogP) is 2.47. The molecular formula is C20H19N3O5. The van der Waals surface area contributed by atoms with Gasteiger partial charge in [-0.05, 0) is 55.5 Å². The first-order valence-corrected chi connectivity index (χ1v) is 8.38. The molecule has 2 N–H and O–H groups in total. The van der Waals surface area contributed by atoms with Gasteiger partial charge in [0.1, 0.15) is 5.75 Å². The lowest BCUT2D eigenvalue weighted by atomic mass is 10.2. The zero-order valence-corrected chi connectivity index (χ0v) is 15.4. The Morgan fingerprint density at radius 2 is 1.57 bits per heavy atom. The third kappa shape index (κ3) is 6.46. The molecule has 0 aliphatic rings. The second-order valence-electron chi connectivity index (χ2n) is 5.80. The summed E-state index contributed by atoms with van der Waals surface area (Å²) in [7, 11) is 0. The third-order valence-corrected chi connectivity index (χ3v) is 3.49. The first kappa shape index (κ1) is 20.5. The topological polar surface area (TPSA) is 118 Å². The van der Waals surface area contributed by atoms with Gasteiger partial charge in [-0.3, -0.25) is 9.59 Å². The number of nitrogens with zero attached hydrogens (tertiary/aromatic N) is 1. The fourth-order valence-corrected chi connectivity index (χ4v) is 2.14. The fraction of sp³-hybridized carbons (Fsp3) is 0.200. The van der Waals surface area contributed by atoms with Crippen LogP contribution in [0, 0.1) is 11.3 Å². The fourth-order valence-electron chi connectivity index (χ4n) is 2.14. The molecule has 144 valence electrons. The minimum atomic E-state index is -1.02. The Bertz CT molecular complexity index is 886. The van der Waals surface area contributed by atoms with Crippen molar-refractivity contribution in [1.29, 1.82) is 5.26 Å². The van der Waals surface area contributed by atoms with Gasteiger partial charge in [-0.15, -0.1) is 0 Å². The zero-order chi connectivity index (χ0) is 20.5. The maximum Gasteiger partial charge on any atom is 0.344 e. The van der Waals surface area contributed by atoms with Crippen LogP contribution in [0.2, 0.25) is 0 Å². The van der Waals surface area contributed by atoms with Gasteiger partial charge in [0.15, 0.2) is 12.7 Å². The molecule has 0 bridgehead atoms. The van der Waals surface area contributed by atoms with Gasteiger partial charge in [-0.25, -0.2) is 4.79 Å². The summed E-state index contributed by atoms with van der Waals surface area (Å²) in [5, 5.41) is 14.0. The quantitative estimate of drug-likeness (QED) is 0.712. The molecule has 0 saturated heterocycles. The van der Waals surface area contributed by atoms with Crippen LogP contribution >= 0.6 is 0 Å². The van der Waals surface area contributed by atoms with Crippen LogP contribution in [0.15, 0.2) is 48.5 Å². The number of anilines is 2. The van der Waals surface area contributed by atoms with Crippen molar-refractivity contribution in [2.45, 2.75) is 20.0 Å². The molecule has 0 aliphatic heterocycles. The maximum absolute atomic E-state index is 12.1. The standard InChI is InChI=1S/C20H19N3O5/c1-13(20(26)23-17-7-5-16(6-8-17)22-14(2)24)28-19(25)12-27-18-9-3-15(11-21)4-10-18/h3-10,13H,12H2,1-2H3,(H,22,24)(H,23,26)/t13-/m0/s1. The van der Waals surface area contributed by atoms with E-state index in [-0.39, 0.29) is 12.5 Å². The molecule has 0 radical (unpaired) electrons. The van der Waals surface area contributed by atoms with E-state index in [2.05, 4.69) is 10.6 Å². The average Bonchev–Trinajstić information content (AvgIpc) is 2.67. The number of hydrogen-bond acceptors (Lipinski definition) is 6. The van der Waals surface area contributed by atoms with Crippen molar-refractivity contribution in [3.05, 3.63) is 54.1 Å². The lowest BCUT2D eigenvalue weighted by molar-refractivity contribution is -0.155. The van der Waals surface area contributed by atoms with Crippen LogP contribution in [-0.4, -0.2) is 30.5 Å². The van der Waals surface area contributed by atoms with Gasteiger partial charge in [-0.2, -0.15) is 5.26 Å². The molecule has 1 atom stereocenters. The second kappa shape index (κ2) is 9.73. The Kier molecular flexibility index (Phi) is 7.11. The second-order valence-corrected chi connectivity index (χ2v) is 5.80. The van der Waals surface area contributed by atoms with Crippen molar-refractivity contribution in [3.63, 3.8) is 0 Å². The number of benzene rings is 2. The normalized spacial score (nSPS) is 10.9. The first-order valence-electron chi connectivity index (χ1n) is 8.38. The summed E-state index contributed by atoms with van der Waals surface area (Å²) in [6.45, 7) is 2.48. The monoisotopic (exact) mass is 381 g/mol. The van der Waals surface area contributed by atoms with Gasteiger partial charge in [0.05, 0.1) is 11.6 Å². The Labute approximate surface area is 162 Å². The molecule has 2 rings (SSSR count). The summed E-state index contributed by atoms with van der Waals surface area (Å²) in [5.74, 6) is -0.986. The lowest BCUT2D eigenvalue weighted by Gasteiger charge is -2.14. The highest BCUT2D eigenvalue weighted by Crippen LogP contribution is 2.14. The van der Waals surface area contributed by atoms with Crippen LogP contribution < -0.4 is 15.4 Å². The Morgan fingerprint density at radius 1 is 1.00 bits per heavy atom. The van der Waals surface area contributed by atoms with Crippen LogP contribution in [0.3, 0.4) is 0 Å². The lowest BCUT2D eigenvalue weighted by Crippen LogP contribution is -2.31. The molecule has 0 spiro atoms. The van der Waals surface area contributed by atoms with E-state index in [1.165, 1.54) is 13.8 Å². The molecule has 28 heavy (non-hydrogen) atoms. The SMILES string of the molecule is CC(=O)Nc1ccc(NC(=O)[C@H](C)OC(=O)COc2ccc(C#N)cc2)cc1. The van der Waals surface area contributed by atoms with Gasteiger partial charge in [0.2, 0.25) is 5.91 Å². The van der Waals surface area contributed by atoms with Gasteiger partial charge in [0.25, 0.3) is 5.91 Å². The summed E-state index contributed by atoms with van der Waals surface area (Å²) in [5.41, 5.74) is 1.58. The number of ether oxygens (including phenoxy) is 2. The van der Waals surface area contributed by atoms with E-state index < -0.39 is 18.0 Å². The summed E-state index contributed by atoms with van der Waals surface area (Å²) in [6.07, 6.45) is -1.02. The van der Waals surface area contributed by atoms with Crippen molar-refractivity contribution < 1.29 is 23.9 Å². The number of carbonyl (C=O) groups is 3. The van der Waals surface area contributed by atoms with Crippen LogP contribution in [0.5, 0.6) is 5.75 Å². The number of amides is 2. The van der Waals surface area contributed by atoms with Gasteiger partial charge >= 0.3 is 5.97 Å². The average molecular weight is 381 g/mol. The summed E-state index contributed by atoms with van der Waals surface area (Å²) < 4.78 is 10.3. The molecule has 8 nitrogen and oxygen atoms in total. The van der Waals surface area contributed by atoms with Crippen molar-refractivity contribution in [3.8, 4) is 11.8 Å². The number of esters is 1. The highest BCUT2D eigenvalue weighted by Gasteiger charge is 2.18. The number of rotatable bonds is 7. The van der Waals surface area contributed by atoms with Crippen molar-refractivity contribution in [2.24, 2.45) is 0 Å². The molecule has 0 aliphatic carbocycles. The Hall–Kier alpha value is -3.86. The van der Waals surface area contributed by atoms with E-state index in [0.717, 1.165) is 0 Å². The van der Waals surface area contributed by atoms with Crippen molar-refractivity contribution in [1.82, 2.24) is 0 Å².